The van der Waals surface area contributed by atoms with Gasteiger partial charge in [-0.15, -0.1) is 0 Å². The molecule has 0 saturated carbocycles. The van der Waals surface area contributed by atoms with Gasteiger partial charge in [0, 0.05) is 169 Å². The Balaban J connectivity index is 0.000000109. The summed E-state index contributed by atoms with van der Waals surface area (Å²) >= 11 is 0. The highest BCUT2D eigenvalue weighted by Gasteiger charge is 2.35. The summed E-state index contributed by atoms with van der Waals surface area (Å²) in [6.07, 6.45) is 23.0. The Kier molecular flexibility index (Phi) is 26.6. The fraction of sp³-hybridized carbons (Fsp3) is 0.269. The summed E-state index contributed by atoms with van der Waals surface area (Å²) in [6, 6.07) is 48.6. The summed E-state index contributed by atoms with van der Waals surface area (Å²) in [4.78, 5) is 108. The molecule has 5 aromatic carbocycles. The van der Waals surface area contributed by atoms with Crippen LogP contribution in [0.25, 0.3) is 134 Å². The summed E-state index contributed by atoms with van der Waals surface area (Å²) in [5.74, 6) is 1.22. The highest BCUT2D eigenvalue weighted by Crippen LogP contribution is 2.36. The van der Waals surface area contributed by atoms with E-state index >= 15 is 0 Å². The lowest BCUT2D eigenvalue weighted by Gasteiger charge is -2.35. The third-order valence-electron chi connectivity index (χ3n) is 26.8. The van der Waals surface area contributed by atoms with E-state index in [1.165, 1.54) is 106 Å². The second-order valence-electron chi connectivity index (χ2n) is 36.4. The zero-order chi connectivity index (χ0) is 98.3. The van der Waals surface area contributed by atoms with Crippen LogP contribution in [0.15, 0.2) is 256 Å². The maximum Gasteiger partial charge on any atom is 0.259 e. The van der Waals surface area contributed by atoms with E-state index in [2.05, 4.69) is 110 Å². The Morgan fingerprint density at radius 1 is 0.394 bits per heavy atom. The number of benzene rings is 5. The summed E-state index contributed by atoms with van der Waals surface area (Å²) in [5, 5.41) is 10.2. The van der Waals surface area contributed by atoms with Crippen molar-refractivity contribution in [3.63, 3.8) is 0 Å². The van der Waals surface area contributed by atoms with Crippen LogP contribution < -0.4 is 63.0 Å². The first-order chi connectivity index (χ1) is 68.8. The number of pyridine rings is 5. The van der Waals surface area contributed by atoms with E-state index in [-0.39, 0.29) is 50.3 Å². The highest BCUT2D eigenvalue weighted by molar-refractivity contribution is 5.84. The van der Waals surface area contributed by atoms with Crippen LogP contribution in [0.3, 0.4) is 0 Å². The highest BCUT2D eigenvalue weighted by atomic mass is 19.1. The van der Waals surface area contributed by atoms with Crippen molar-refractivity contribution >= 4 is 89.8 Å². The SMILES string of the molecule is COc1ccc(-c2cc(=O)n3cc(N4C[C@H]5CCCN[C@H]5C4)ccc3n2)cc1F.COc1ccc(-c2ccc3nc(N4CCC(N(C)C)CC4)cc(=O)n3c2)cc1F.Cc1nc2c(F)cc(-c3cc(=O)n4cc(C5=CCN(C)CC5)ccc4n3)cc2o1.Cc1nc2c(F)cc(-c3cc(=O)n4cc(C5=CCNCC5)ccc4n3)cc2o1.Cc1nc2ccc(-c3cc(=O)n4cc(C5=CCNCC5)ccc4n3)cc2o1. The number of nitrogens with one attached hydrogen (secondary N) is 3. The van der Waals surface area contributed by atoms with Crippen LogP contribution in [-0.4, -0.2) is 191 Å². The molecule has 24 rings (SSSR count). The molecule has 30 nitrogen and oxygen atoms in total. The molecule has 0 amide bonds. The van der Waals surface area contributed by atoms with E-state index in [0.717, 1.165) is 149 Å². The van der Waals surface area contributed by atoms with Crippen LogP contribution in [0.5, 0.6) is 11.5 Å². The molecule has 3 N–H and O–H groups in total. The number of fused-ring (bicyclic) bond motifs is 9. The number of ether oxygens (including phenoxy) is 2. The lowest BCUT2D eigenvalue weighted by molar-refractivity contribution is 0.249. The average Bonchev–Trinajstić information content (AvgIpc) is 1.37. The third-order valence-corrected chi connectivity index (χ3v) is 26.8. The smallest absolute Gasteiger partial charge is 0.259 e. The lowest BCUT2D eigenvalue weighted by atomic mass is 9.94. The quantitative estimate of drug-likeness (QED) is 0.0903. The molecule has 34 heteroatoms. The second kappa shape index (κ2) is 40.2. The summed E-state index contributed by atoms with van der Waals surface area (Å²) in [6.45, 7) is 15.4. The van der Waals surface area contributed by atoms with Gasteiger partial charge in [0.25, 0.3) is 27.8 Å². The number of nitrogens with zero attached hydrogens (tertiary/aromatic N) is 17. The average molecular weight is 1920 g/mol. The number of likely N-dealkylation sites (N-methyl/N-ethyl adjacent to an activating group) is 1. The molecule has 6 aliphatic heterocycles. The first kappa shape index (κ1) is 93.9. The maximum atomic E-state index is 14.4. The van der Waals surface area contributed by atoms with Crippen LogP contribution in [0.4, 0.5) is 29.1 Å². The molecule has 3 saturated heterocycles. The van der Waals surface area contributed by atoms with Crippen LogP contribution in [-0.2, 0) is 0 Å². The van der Waals surface area contributed by atoms with Crippen molar-refractivity contribution < 1.29 is 40.3 Å². The molecule has 3 fully saturated rings. The van der Waals surface area contributed by atoms with Crippen molar-refractivity contribution in [3.05, 3.63) is 328 Å². The van der Waals surface area contributed by atoms with Crippen molar-refractivity contribution in [1.82, 2.24) is 87.6 Å². The van der Waals surface area contributed by atoms with Crippen LogP contribution in [0.1, 0.15) is 79.3 Å². The molecule has 0 aliphatic carbocycles. The predicted molar refractivity (Wildman–Crippen MR) is 541 cm³/mol. The van der Waals surface area contributed by atoms with E-state index < -0.39 is 23.3 Å². The first-order valence-electron chi connectivity index (χ1n) is 47.3. The summed E-state index contributed by atoms with van der Waals surface area (Å²) in [7, 11) is 9.14. The van der Waals surface area contributed by atoms with Crippen LogP contribution in [0, 0.1) is 50.0 Å². The van der Waals surface area contributed by atoms with Gasteiger partial charge in [0.05, 0.1) is 42.7 Å². The van der Waals surface area contributed by atoms with Crippen molar-refractivity contribution in [2.24, 2.45) is 5.92 Å². The molecule has 0 unspecified atom stereocenters. The number of anilines is 2. The molecule has 13 aromatic heterocycles. The number of aryl methyl sites for hydroxylation is 3. The van der Waals surface area contributed by atoms with Crippen molar-refractivity contribution in [1.29, 1.82) is 0 Å². The number of rotatable bonds is 13. The van der Waals surface area contributed by atoms with Gasteiger partial charge in [0.1, 0.15) is 50.6 Å². The minimum Gasteiger partial charge on any atom is -0.494 e. The van der Waals surface area contributed by atoms with Gasteiger partial charge >= 0.3 is 0 Å². The van der Waals surface area contributed by atoms with Gasteiger partial charge in [0.15, 0.2) is 69.2 Å². The predicted octanol–water partition coefficient (Wildman–Crippen LogP) is 15.9. The minimum atomic E-state index is -0.500. The van der Waals surface area contributed by atoms with E-state index in [4.69, 9.17) is 27.7 Å². The molecule has 19 heterocycles. The summed E-state index contributed by atoms with van der Waals surface area (Å²) in [5.41, 5.74) is 17.9. The van der Waals surface area contributed by atoms with E-state index in [9.17, 15) is 41.5 Å². The van der Waals surface area contributed by atoms with Gasteiger partial charge in [-0.3, -0.25) is 46.0 Å². The van der Waals surface area contributed by atoms with E-state index in [0.29, 0.717) is 126 Å². The number of halogens is 4. The molecular formula is C108H102F4N20O10. The molecule has 722 valence electrons. The van der Waals surface area contributed by atoms with E-state index in [1.54, 1.807) is 77.4 Å². The van der Waals surface area contributed by atoms with Gasteiger partial charge in [-0.05, 0) is 264 Å². The van der Waals surface area contributed by atoms with Gasteiger partial charge in [0.2, 0.25) is 0 Å². The van der Waals surface area contributed by atoms with Gasteiger partial charge in [-0.1, -0.05) is 30.4 Å². The van der Waals surface area contributed by atoms with Crippen molar-refractivity contribution in [3.8, 4) is 67.7 Å². The molecule has 2 atom stereocenters. The lowest BCUT2D eigenvalue weighted by Crippen LogP contribution is -2.42. The van der Waals surface area contributed by atoms with Gasteiger partial charge in [-0.2, -0.15) is 0 Å². The zero-order valence-electron chi connectivity index (χ0n) is 79.4. The molecule has 6 aliphatic rings. The number of oxazole rings is 3. The fourth-order valence-electron chi connectivity index (χ4n) is 19.2. The second-order valence-corrected chi connectivity index (χ2v) is 36.4. The molecule has 142 heavy (non-hydrogen) atoms. The normalized spacial score (nSPS) is 16.2. The number of piperidine rings is 2. The fourth-order valence-corrected chi connectivity index (χ4v) is 19.2. The molecule has 0 radical (unpaired) electrons. The number of aromatic nitrogens is 13. The van der Waals surface area contributed by atoms with Crippen LogP contribution >= 0.6 is 0 Å². The third kappa shape index (κ3) is 20.0. The van der Waals surface area contributed by atoms with Crippen LogP contribution in [0.2, 0.25) is 0 Å². The van der Waals surface area contributed by atoms with E-state index in [1.807, 2.05) is 105 Å². The number of methoxy groups -OCH3 is 2. The van der Waals surface area contributed by atoms with Crippen molar-refractivity contribution in [2.45, 2.75) is 77.8 Å². The van der Waals surface area contributed by atoms with Gasteiger partial charge in [-0.25, -0.2) is 57.4 Å². The Morgan fingerprint density at radius 3 is 1.32 bits per heavy atom. The number of hydrogen-bond donors (Lipinski definition) is 3. The molecule has 0 bridgehead atoms. The summed E-state index contributed by atoms with van der Waals surface area (Å²) < 4.78 is 91.0. The largest absolute Gasteiger partial charge is 0.494 e. The zero-order valence-corrected chi connectivity index (χ0v) is 79.4. The maximum absolute atomic E-state index is 14.4. The monoisotopic (exact) mass is 1910 g/mol. The van der Waals surface area contributed by atoms with Crippen molar-refractivity contribution in [2.75, 3.05) is 117 Å². The standard InChI is InChI=1S/C22H19FN4O2.C22H23FN4O2.C22H25FN4O2.C21H17FN4O2.C21H18N4O2/c1-13-24-22-17(23)9-16(10-19(22)29-13)18-11-21(28)27-12-15(3-4-20(27)25-18)14-5-7-26(2)8-6-14;1-29-20-6-4-14(9-17(20)23)18-10-22(28)27-12-16(5-7-21(27)25-18)26-11-15-3-2-8-24-19(15)13-26;1-25(2)17-8-10-26(11-9-17)21-13-22(28)27-14-16(5-7-20(27)24-21)15-4-6-19(29-3)18(23)12-15;1-12-24-21-16(22)8-15(9-18(21)28-12)17-10-20(27)26-11-14(2-3-19(26)25-17)13-4-6-23-7-5-13;1-13-23-17-4-2-15(10-19(17)27-13)18-11-21(26)25-12-16(3-5-20(25)24-18)14-6-8-22-9-7-14/h3-5,9-12H,6-8H2,1-2H3;4-7,9-10,12,15,19,24H,2-3,8,11,13H2,1H3;4-7,12-14,17H,8-11H2,1-3H3;2-4,8-11,23H,5-7H2,1H3;2-6,10-12,22H,7-9H2,1H3/t;15-,19+;;;/m.1.../s1. The Bertz CT molecular complexity index is 8390. The van der Waals surface area contributed by atoms with Gasteiger partial charge < -0.3 is 58.3 Å². The molecule has 18 aromatic rings. The molecule has 0 spiro atoms. The minimum absolute atomic E-state index is 0.0970. The number of hydrogen-bond acceptors (Lipinski definition) is 25. The Morgan fingerprint density at radius 2 is 0.824 bits per heavy atom. The first-order valence-corrected chi connectivity index (χ1v) is 47.3. The Labute approximate surface area is 810 Å². The molecular weight excluding hydrogens is 1810 g/mol. The Hall–Kier alpha value is -15.8. The topological polar surface area (TPSA) is 317 Å².